The summed E-state index contributed by atoms with van der Waals surface area (Å²) in [5.41, 5.74) is 1.08. The third-order valence-electron chi connectivity index (χ3n) is 3.59. The molecule has 5 nitrogen and oxygen atoms in total. The summed E-state index contributed by atoms with van der Waals surface area (Å²) in [5, 5.41) is 9.07. The van der Waals surface area contributed by atoms with Gasteiger partial charge in [0.2, 0.25) is 0 Å². The Hall–Kier alpha value is -1.59. The molecule has 0 aromatic heterocycles. The van der Waals surface area contributed by atoms with Gasteiger partial charge in [0.1, 0.15) is 5.75 Å². The Balaban J connectivity index is 2.14. The fourth-order valence-electron chi connectivity index (χ4n) is 2.48. The van der Waals surface area contributed by atoms with Gasteiger partial charge in [0, 0.05) is 24.7 Å². The van der Waals surface area contributed by atoms with Gasteiger partial charge in [0.25, 0.3) is 0 Å². The first-order valence-corrected chi connectivity index (χ1v) is 6.93. The molecule has 1 heterocycles. The molecule has 2 unspecified atom stereocenters. The van der Waals surface area contributed by atoms with Crippen LogP contribution in [0.25, 0.3) is 0 Å². The van der Waals surface area contributed by atoms with Crippen LogP contribution in [0.1, 0.15) is 25.5 Å². The zero-order valence-electron chi connectivity index (χ0n) is 11.9. The fourth-order valence-corrected chi connectivity index (χ4v) is 2.48. The first-order chi connectivity index (χ1) is 9.63. The predicted octanol–water partition coefficient (Wildman–Crippen LogP) is 1.93. The number of ether oxygens (including phenoxy) is 2. The van der Waals surface area contributed by atoms with Crippen LogP contribution in [0.2, 0.25) is 0 Å². The zero-order valence-corrected chi connectivity index (χ0v) is 11.9. The molecule has 1 aromatic rings. The lowest BCUT2D eigenvalue weighted by atomic mass is 10.0. The number of benzene rings is 1. The molecule has 0 aliphatic carbocycles. The monoisotopic (exact) mass is 279 g/mol. The average Bonchev–Trinajstić information content (AvgIpc) is 2.47. The van der Waals surface area contributed by atoms with Gasteiger partial charge in [-0.1, -0.05) is 18.2 Å². The zero-order chi connectivity index (χ0) is 14.5. The van der Waals surface area contributed by atoms with Crippen molar-refractivity contribution >= 4 is 5.97 Å². The molecule has 5 heteroatoms. The number of nitrogens with zero attached hydrogens (tertiary/aromatic N) is 1. The lowest BCUT2D eigenvalue weighted by molar-refractivity contribution is -0.157. The maximum atomic E-state index is 11.1. The SMILES string of the molecule is CCOc1ccccc1C(C)N1CCOC(C(=O)O)C1. The lowest BCUT2D eigenvalue weighted by Gasteiger charge is -2.35. The normalized spacial score (nSPS) is 21.4. The van der Waals surface area contributed by atoms with Crippen LogP contribution in [-0.4, -0.2) is 48.4 Å². The van der Waals surface area contributed by atoms with E-state index in [1.54, 1.807) is 0 Å². The number of carboxylic acid groups (broad SMARTS) is 1. The first kappa shape index (κ1) is 14.8. The van der Waals surface area contributed by atoms with E-state index in [0.717, 1.165) is 17.9 Å². The summed E-state index contributed by atoms with van der Waals surface area (Å²) < 4.78 is 10.9. The van der Waals surface area contributed by atoms with Crippen LogP contribution >= 0.6 is 0 Å². The van der Waals surface area contributed by atoms with Crippen molar-refractivity contribution in [3.05, 3.63) is 29.8 Å². The largest absolute Gasteiger partial charge is 0.494 e. The lowest BCUT2D eigenvalue weighted by Crippen LogP contribution is -2.46. The second kappa shape index (κ2) is 6.72. The van der Waals surface area contributed by atoms with Crippen LogP contribution < -0.4 is 4.74 Å². The molecule has 0 bridgehead atoms. The number of para-hydroxylation sites is 1. The molecule has 1 aromatic carbocycles. The van der Waals surface area contributed by atoms with Gasteiger partial charge in [-0.25, -0.2) is 4.79 Å². The van der Waals surface area contributed by atoms with Crippen LogP contribution in [0.15, 0.2) is 24.3 Å². The second-order valence-corrected chi connectivity index (χ2v) is 4.84. The van der Waals surface area contributed by atoms with Crippen molar-refractivity contribution in [3.8, 4) is 5.75 Å². The number of hydrogen-bond donors (Lipinski definition) is 1. The summed E-state index contributed by atoms with van der Waals surface area (Å²) in [6.45, 7) is 6.21. The first-order valence-electron chi connectivity index (χ1n) is 6.93. The van der Waals surface area contributed by atoms with Crippen molar-refractivity contribution in [1.29, 1.82) is 0 Å². The van der Waals surface area contributed by atoms with Gasteiger partial charge >= 0.3 is 5.97 Å². The van der Waals surface area contributed by atoms with Crippen LogP contribution in [0, 0.1) is 0 Å². The standard InChI is InChI=1S/C15H21NO4/c1-3-19-13-7-5-4-6-12(13)11(2)16-8-9-20-14(10-16)15(17)18/h4-7,11,14H,3,8-10H2,1-2H3,(H,17,18). The van der Waals surface area contributed by atoms with Crippen LogP contribution in [0.5, 0.6) is 5.75 Å². The van der Waals surface area contributed by atoms with E-state index in [-0.39, 0.29) is 6.04 Å². The fraction of sp³-hybridized carbons (Fsp3) is 0.533. The maximum absolute atomic E-state index is 11.1. The quantitative estimate of drug-likeness (QED) is 0.892. The number of carboxylic acids is 1. The number of rotatable bonds is 5. The molecule has 0 saturated carbocycles. The van der Waals surface area contributed by atoms with E-state index >= 15 is 0 Å². The highest BCUT2D eigenvalue weighted by Crippen LogP contribution is 2.30. The molecular formula is C15H21NO4. The smallest absolute Gasteiger partial charge is 0.334 e. The van der Waals surface area contributed by atoms with E-state index in [1.807, 2.05) is 31.2 Å². The number of aliphatic carboxylic acids is 1. The van der Waals surface area contributed by atoms with Crippen molar-refractivity contribution < 1.29 is 19.4 Å². The minimum absolute atomic E-state index is 0.100. The molecule has 0 spiro atoms. The molecule has 1 N–H and O–H groups in total. The Bertz CT molecular complexity index is 463. The van der Waals surface area contributed by atoms with E-state index in [9.17, 15) is 4.79 Å². The van der Waals surface area contributed by atoms with Crippen LogP contribution in [0.4, 0.5) is 0 Å². The van der Waals surface area contributed by atoms with Crippen molar-refractivity contribution in [1.82, 2.24) is 4.90 Å². The van der Waals surface area contributed by atoms with E-state index in [0.29, 0.717) is 19.8 Å². The molecule has 1 aliphatic rings. The molecule has 2 rings (SSSR count). The van der Waals surface area contributed by atoms with Gasteiger partial charge in [-0.05, 0) is 19.9 Å². The summed E-state index contributed by atoms with van der Waals surface area (Å²) in [4.78, 5) is 13.2. The van der Waals surface area contributed by atoms with Gasteiger partial charge in [0.05, 0.1) is 13.2 Å². The van der Waals surface area contributed by atoms with Gasteiger partial charge < -0.3 is 14.6 Å². The second-order valence-electron chi connectivity index (χ2n) is 4.84. The maximum Gasteiger partial charge on any atom is 0.334 e. The van der Waals surface area contributed by atoms with Crippen molar-refractivity contribution in [2.45, 2.75) is 26.0 Å². The molecule has 1 aliphatic heterocycles. The third-order valence-corrected chi connectivity index (χ3v) is 3.59. The molecule has 110 valence electrons. The van der Waals surface area contributed by atoms with Gasteiger partial charge in [0.15, 0.2) is 6.10 Å². The predicted molar refractivity (Wildman–Crippen MR) is 75.0 cm³/mol. The summed E-state index contributed by atoms with van der Waals surface area (Å²) in [5.74, 6) is -0.0409. The average molecular weight is 279 g/mol. The third kappa shape index (κ3) is 3.29. The van der Waals surface area contributed by atoms with Crippen molar-refractivity contribution in [3.63, 3.8) is 0 Å². The Labute approximate surface area is 119 Å². The topological polar surface area (TPSA) is 59.0 Å². The number of morpholine rings is 1. The van der Waals surface area contributed by atoms with Gasteiger partial charge in [-0.15, -0.1) is 0 Å². The number of hydrogen-bond acceptors (Lipinski definition) is 4. The summed E-state index contributed by atoms with van der Waals surface area (Å²) in [6, 6.07) is 8.00. The van der Waals surface area contributed by atoms with Crippen LogP contribution in [-0.2, 0) is 9.53 Å². The molecular weight excluding hydrogens is 258 g/mol. The Morgan fingerprint density at radius 1 is 1.55 bits per heavy atom. The Kier molecular flexibility index (Phi) is 4.98. The Morgan fingerprint density at radius 2 is 2.30 bits per heavy atom. The molecule has 2 atom stereocenters. The van der Waals surface area contributed by atoms with Crippen molar-refractivity contribution in [2.75, 3.05) is 26.3 Å². The highest BCUT2D eigenvalue weighted by Gasteiger charge is 2.30. The highest BCUT2D eigenvalue weighted by molar-refractivity contribution is 5.72. The van der Waals surface area contributed by atoms with E-state index in [4.69, 9.17) is 14.6 Å². The molecule has 1 fully saturated rings. The summed E-state index contributed by atoms with van der Waals surface area (Å²) in [6.07, 6.45) is -0.745. The minimum atomic E-state index is -0.903. The molecule has 1 saturated heterocycles. The summed E-state index contributed by atoms with van der Waals surface area (Å²) in [7, 11) is 0. The van der Waals surface area contributed by atoms with E-state index < -0.39 is 12.1 Å². The molecule has 20 heavy (non-hydrogen) atoms. The van der Waals surface area contributed by atoms with Crippen LogP contribution in [0.3, 0.4) is 0 Å². The number of carbonyl (C=O) groups is 1. The van der Waals surface area contributed by atoms with Gasteiger partial charge in [-0.2, -0.15) is 0 Å². The minimum Gasteiger partial charge on any atom is -0.494 e. The van der Waals surface area contributed by atoms with Crippen molar-refractivity contribution in [2.24, 2.45) is 0 Å². The molecule has 0 amide bonds. The summed E-state index contributed by atoms with van der Waals surface area (Å²) >= 11 is 0. The van der Waals surface area contributed by atoms with E-state index in [2.05, 4.69) is 11.8 Å². The highest BCUT2D eigenvalue weighted by atomic mass is 16.5. The van der Waals surface area contributed by atoms with E-state index in [1.165, 1.54) is 0 Å². The molecule has 0 radical (unpaired) electrons. The Morgan fingerprint density at radius 3 is 3.00 bits per heavy atom. The van der Waals surface area contributed by atoms with Gasteiger partial charge in [-0.3, -0.25) is 4.90 Å².